The molecular formula is C27H28ClF3N6O3. The summed E-state index contributed by atoms with van der Waals surface area (Å²) in [4.78, 5) is 32.7. The zero-order valence-corrected chi connectivity index (χ0v) is 22.4. The number of amides is 2. The van der Waals surface area contributed by atoms with Crippen molar-refractivity contribution in [3.63, 3.8) is 0 Å². The van der Waals surface area contributed by atoms with Gasteiger partial charge in [0.05, 0.1) is 0 Å². The molecule has 0 radical (unpaired) electrons. The van der Waals surface area contributed by atoms with Crippen LogP contribution in [0.5, 0.6) is 6.01 Å². The first kappa shape index (κ1) is 30.4. The number of nitrogens with zero attached hydrogens (tertiary/aromatic N) is 2. The van der Waals surface area contributed by atoms with Gasteiger partial charge in [-0.1, -0.05) is 67.9 Å². The summed E-state index contributed by atoms with van der Waals surface area (Å²) in [6.45, 7) is 1.76. The fourth-order valence-electron chi connectivity index (χ4n) is 3.77. The number of anilines is 1. The van der Waals surface area contributed by atoms with E-state index in [0.29, 0.717) is 10.6 Å². The van der Waals surface area contributed by atoms with E-state index in [4.69, 9.17) is 22.7 Å². The van der Waals surface area contributed by atoms with Crippen molar-refractivity contribution in [1.82, 2.24) is 15.3 Å². The van der Waals surface area contributed by atoms with Gasteiger partial charge in [0, 0.05) is 29.4 Å². The molecule has 212 valence electrons. The van der Waals surface area contributed by atoms with Gasteiger partial charge in [0.15, 0.2) is 6.61 Å². The summed E-state index contributed by atoms with van der Waals surface area (Å²) >= 11 is 6.00. The lowest BCUT2D eigenvalue weighted by molar-refractivity contribution is -0.154. The number of halogens is 4. The number of benzene rings is 2. The summed E-state index contributed by atoms with van der Waals surface area (Å²) in [6, 6.07) is 14.1. The lowest BCUT2D eigenvalue weighted by Crippen LogP contribution is -2.47. The number of carbonyl (C=O) groups excluding carboxylic acids is 2. The first-order valence-electron chi connectivity index (χ1n) is 12.2. The largest absolute Gasteiger partial charge is 0.454 e. The molecule has 2 atom stereocenters. The van der Waals surface area contributed by atoms with Gasteiger partial charge in [0.1, 0.15) is 17.4 Å². The highest BCUT2D eigenvalue weighted by Crippen LogP contribution is 2.25. The zero-order valence-electron chi connectivity index (χ0n) is 21.6. The van der Waals surface area contributed by atoms with Crippen LogP contribution in [0.4, 0.5) is 19.0 Å². The highest BCUT2D eigenvalue weighted by Gasteiger charge is 2.30. The van der Waals surface area contributed by atoms with Crippen LogP contribution in [0.1, 0.15) is 41.3 Å². The molecule has 0 saturated carbocycles. The van der Waals surface area contributed by atoms with Crippen molar-refractivity contribution in [3.8, 4) is 6.01 Å². The molecule has 9 nitrogen and oxygen atoms in total. The third-order valence-corrected chi connectivity index (χ3v) is 6.07. The Hall–Kier alpha value is -4.19. The Morgan fingerprint density at radius 2 is 1.75 bits per heavy atom. The zero-order chi connectivity index (χ0) is 29.4. The molecule has 3 rings (SSSR count). The number of rotatable bonds is 12. The molecule has 1 aromatic heterocycles. The minimum absolute atomic E-state index is 0.0188. The molecule has 0 spiro atoms. The highest BCUT2D eigenvalue weighted by molar-refractivity contribution is 6.30. The molecule has 3 aromatic rings. The van der Waals surface area contributed by atoms with Crippen LogP contribution < -0.4 is 21.1 Å². The number of ether oxygens (including phenoxy) is 1. The van der Waals surface area contributed by atoms with E-state index in [1.807, 2.05) is 18.2 Å². The number of hydrogen-bond donors (Lipinski definition) is 4. The fourth-order valence-corrected chi connectivity index (χ4v) is 3.90. The molecule has 1 heterocycles. The maximum atomic E-state index is 13.1. The molecule has 40 heavy (non-hydrogen) atoms. The maximum absolute atomic E-state index is 13.1. The number of primary amides is 1. The van der Waals surface area contributed by atoms with Crippen molar-refractivity contribution < 1.29 is 27.5 Å². The average molecular weight is 577 g/mol. The van der Waals surface area contributed by atoms with Gasteiger partial charge < -0.3 is 26.5 Å². The summed E-state index contributed by atoms with van der Waals surface area (Å²) in [5.41, 5.74) is 6.83. The van der Waals surface area contributed by atoms with Crippen LogP contribution in [0.25, 0.3) is 0 Å². The van der Waals surface area contributed by atoms with Crippen molar-refractivity contribution in [2.24, 2.45) is 11.7 Å². The Balaban J connectivity index is 1.96. The van der Waals surface area contributed by atoms with Gasteiger partial charge in [-0.2, -0.15) is 18.2 Å². The molecule has 0 aliphatic rings. The van der Waals surface area contributed by atoms with Crippen LogP contribution in [-0.4, -0.2) is 52.9 Å². The van der Waals surface area contributed by atoms with Crippen molar-refractivity contribution in [3.05, 3.63) is 82.5 Å². The summed E-state index contributed by atoms with van der Waals surface area (Å²) < 4.78 is 42.8. The molecule has 5 N–H and O–H groups in total. The second-order valence-electron chi connectivity index (χ2n) is 9.18. The topological polar surface area (TPSA) is 143 Å². The lowest BCUT2D eigenvalue weighted by Gasteiger charge is -2.22. The van der Waals surface area contributed by atoms with E-state index in [1.54, 1.807) is 50.2 Å². The standard InChI is InChI=1S/C27H28ClF3N6O3/c1-15(2)22(23(33)38)36-25(39)20-13-35-26(40-14-27(29,30)31)37-24(20)34-12-19(16-6-4-3-5-7-16)21(32)17-8-10-18(28)11-9-17/h3-11,13,15,19,22,32H,12,14H2,1-2H3,(H2,33,38)(H,36,39)(H,34,35,37). The quantitative estimate of drug-likeness (QED) is 0.233. The van der Waals surface area contributed by atoms with Gasteiger partial charge in [-0.25, -0.2) is 4.98 Å². The van der Waals surface area contributed by atoms with Crippen molar-refractivity contribution in [2.75, 3.05) is 18.5 Å². The third-order valence-electron chi connectivity index (χ3n) is 5.82. The first-order valence-corrected chi connectivity index (χ1v) is 12.5. The fraction of sp³-hybridized carbons (Fsp3) is 0.296. The monoisotopic (exact) mass is 576 g/mol. The Labute approximate surface area is 233 Å². The SMILES string of the molecule is CC(C)C(NC(=O)c1cnc(OCC(F)(F)F)nc1NCC(C(=N)c1ccc(Cl)cc1)c1ccccc1)C(N)=O. The summed E-state index contributed by atoms with van der Waals surface area (Å²) in [7, 11) is 0. The molecule has 0 saturated heterocycles. The van der Waals surface area contributed by atoms with Gasteiger partial charge in [-0.05, 0) is 29.2 Å². The van der Waals surface area contributed by atoms with Crippen LogP contribution >= 0.6 is 11.6 Å². The van der Waals surface area contributed by atoms with Crippen molar-refractivity contribution >= 4 is 34.9 Å². The van der Waals surface area contributed by atoms with Crippen LogP contribution in [0.3, 0.4) is 0 Å². The van der Waals surface area contributed by atoms with E-state index in [0.717, 1.165) is 11.8 Å². The number of nitrogens with one attached hydrogen (secondary N) is 3. The van der Waals surface area contributed by atoms with Crippen molar-refractivity contribution in [1.29, 1.82) is 5.41 Å². The number of nitrogens with two attached hydrogens (primary N) is 1. The molecule has 0 bridgehead atoms. The molecule has 2 unspecified atom stereocenters. The predicted molar refractivity (Wildman–Crippen MR) is 145 cm³/mol. The molecule has 2 aromatic carbocycles. The second kappa shape index (κ2) is 13.2. The number of aromatic nitrogens is 2. The Kier molecular flexibility index (Phi) is 10.1. The number of alkyl halides is 3. The molecule has 13 heteroatoms. The normalized spacial score (nSPS) is 12.9. The van der Waals surface area contributed by atoms with Crippen LogP contribution in [-0.2, 0) is 4.79 Å². The molecule has 0 aliphatic heterocycles. The van der Waals surface area contributed by atoms with E-state index in [1.165, 1.54) is 0 Å². The van der Waals surface area contributed by atoms with Gasteiger partial charge in [0.25, 0.3) is 5.91 Å². The smallest absolute Gasteiger partial charge is 0.422 e. The first-order chi connectivity index (χ1) is 18.9. The number of hydrogen-bond acceptors (Lipinski definition) is 7. The van der Waals surface area contributed by atoms with Crippen LogP contribution in [0.15, 0.2) is 60.8 Å². The van der Waals surface area contributed by atoms with E-state index in [2.05, 4.69) is 25.3 Å². The predicted octanol–water partition coefficient (Wildman–Crippen LogP) is 4.57. The third kappa shape index (κ3) is 8.40. The van der Waals surface area contributed by atoms with Gasteiger partial charge >= 0.3 is 12.2 Å². The summed E-state index contributed by atoms with van der Waals surface area (Å²) in [5.74, 6) is -2.59. The average Bonchev–Trinajstić information content (AvgIpc) is 2.90. The number of carbonyl (C=O) groups is 2. The summed E-state index contributed by atoms with van der Waals surface area (Å²) in [6.07, 6.45) is -3.64. The van der Waals surface area contributed by atoms with Gasteiger partial charge in [0.2, 0.25) is 5.91 Å². The minimum atomic E-state index is -4.63. The van der Waals surface area contributed by atoms with Gasteiger partial charge in [-0.3, -0.25) is 9.59 Å². The Morgan fingerprint density at radius 1 is 1.10 bits per heavy atom. The lowest BCUT2D eigenvalue weighted by atomic mass is 9.90. The highest BCUT2D eigenvalue weighted by atomic mass is 35.5. The second-order valence-corrected chi connectivity index (χ2v) is 9.62. The molecule has 0 fully saturated rings. The van der Waals surface area contributed by atoms with E-state index < -0.39 is 42.6 Å². The Bertz CT molecular complexity index is 1340. The summed E-state index contributed by atoms with van der Waals surface area (Å²) in [5, 5.41) is 14.9. The van der Waals surface area contributed by atoms with Crippen LogP contribution in [0, 0.1) is 11.3 Å². The Morgan fingerprint density at radius 3 is 2.33 bits per heavy atom. The molecular weight excluding hydrogens is 549 g/mol. The molecule has 0 aliphatic carbocycles. The maximum Gasteiger partial charge on any atom is 0.422 e. The van der Waals surface area contributed by atoms with Crippen molar-refractivity contribution in [2.45, 2.75) is 32.0 Å². The van der Waals surface area contributed by atoms with Gasteiger partial charge in [-0.15, -0.1) is 0 Å². The minimum Gasteiger partial charge on any atom is -0.454 e. The molecule has 2 amide bonds. The van der Waals surface area contributed by atoms with Crippen LogP contribution in [0.2, 0.25) is 5.02 Å². The van der Waals surface area contributed by atoms with E-state index in [-0.39, 0.29) is 29.6 Å². The van der Waals surface area contributed by atoms with E-state index >= 15 is 0 Å². The van der Waals surface area contributed by atoms with E-state index in [9.17, 15) is 22.8 Å².